The smallest absolute Gasteiger partial charge is 0.344 e. The second kappa shape index (κ2) is 11.1. The van der Waals surface area contributed by atoms with Crippen LogP contribution in [-0.4, -0.2) is 61.8 Å². The highest BCUT2D eigenvalue weighted by Crippen LogP contribution is 2.36. The van der Waals surface area contributed by atoms with Gasteiger partial charge in [-0.25, -0.2) is 4.79 Å². The molecule has 3 rings (SSSR count). The van der Waals surface area contributed by atoms with Crippen molar-refractivity contribution in [3.63, 3.8) is 0 Å². The zero-order valence-electron chi connectivity index (χ0n) is 18.4. The lowest BCUT2D eigenvalue weighted by Gasteiger charge is -2.19. The predicted molar refractivity (Wildman–Crippen MR) is 126 cm³/mol. The monoisotopic (exact) mass is 506 g/mol. The third-order valence-corrected chi connectivity index (χ3v) is 5.83. The maximum atomic E-state index is 12.9. The van der Waals surface area contributed by atoms with Crippen LogP contribution in [0, 0.1) is 0 Å². The summed E-state index contributed by atoms with van der Waals surface area (Å²) in [6.07, 6.45) is 3.34. The van der Waals surface area contributed by atoms with Crippen molar-refractivity contribution in [1.82, 2.24) is 19.9 Å². The molecular formula is C21H22N4O7S2. The number of thioether (sulfide) groups is 2. The summed E-state index contributed by atoms with van der Waals surface area (Å²) >= 11 is 2.24. The molecule has 0 aliphatic carbocycles. The number of aromatic amines is 2. The summed E-state index contributed by atoms with van der Waals surface area (Å²) in [4.78, 5) is 50.3. The van der Waals surface area contributed by atoms with Gasteiger partial charge in [0.05, 0.1) is 23.7 Å². The van der Waals surface area contributed by atoms with E-state index in [9.17, 15) is 24.6 Å². The minimum atomic E-state index is -1.21. The van der Waals surface area contributed by atoms with Crippen molar-refractivity contribution in [2.45, 2.75) is 23.2 Å². The molecule has 0 spiro atoms. The predicted octanol–water partition coefficient (Wildman–Crippen LogP) is 1.83. The van der Waals surface area contributed by atoms with E-state index in [2.05, 4.69) is 19.9 Å². The van der Waals surface area contributed by atoms with Crippen LogP contribution >= 0.6 is 23.5 Å². The highest BCUT2D eigenvalue weighted by Gasteiger charge is 2.31. The number of aromatic hydroxyl groups is 2. The number of ether oxygens (including phenoxy) is 2. The van der Waals surface area contributed by atoms with Gasteiger partial charge in [0.1, 0.15) is 5.75 Å². The van der Waals surface area contributed by atoms with Crippen LogP contribution in [0.2, 0.25) is 0 Å². The summed E-state index contributed by atoms with van der Waals surface area (Å²) in [5.74, 6) is -2.59. The van der Waals surface area contributed by atoms with Gasteiger partial charge >= 0.3 is 5.97 Å². The van der Waals surface area contributed by atoms with Crippen LogP contribution in [0.1, 0.15) is 29.5 Å². The normalized spacial score (nSPS) is 10.9. The zero-order valence-corrected chi connectivity index (χ0v) is 20.1. The molecule has 0 bridgehead atoms. The molecule has 11 nitrogen and oxygen atoms in total. The van der Waals surface area contributed by atoms with Gasteiger partial charge in [0.15, 0.2) is 16.9 Å². The average molecular weight is 507 g/mol. The second-order valence-corrected chi connectivity index (χ2v) is 8.31. The molecular weight excluding hydrogens is 484 g/mol. The molecule has 0 saturated heterocycles. The molecule has 0 amide bonds. The lowest BCUT2D eigenvalue weighted by Crippen LogP contribution is -2.25. The molecule has 0 aliphatic heterocycles. The molecule has 0 saturated carbocycles. The van der Waals surface area contributed by atoms with Gasteiger partial charge in [-0.2, -0.15) is 9.97 Å². The molecule has 0 radical (unpaired) electrons. The van der Waals surface area contributed by atoms with E-state index in [0.717, 1.165) is 23.5 Å². The van der Waals surface area contributed by atoms with Gasteiger partial charge in [-0.05, 0) is 37.1 Å². The summed E-state index contributed by atoms with van der Waals surface area (Å²) in [5, 5.41) is 21.5. The minimum absolute atomic E-state index is 0.182. The Morgan fingerprint density at radius 1 is 0.971 bits per heavy atom. The molecule has 180 valence electrons. The number of benzene rings is 1. The first kappa shape index (κ1) is 25.2. The van der Waals surface area contributed by atoms with Crippen LogP contribution in [0.15, 0.2) is 44.2 Å². The molecule has 2 heterocycles. The Bertz CT molecular complexity index is 1220. The second-order valence-electron chi connectivity index (χ2n) is 6.72. The largest absolute Gasteiger partial charge is 0.493 e. The number of hydrogen-bond donors (Lipinski definition) is 4. The first-order chi connectivity index (χ1) is 16.3. The SMILES string of the molecule is CCOC(=O)COc1ccc(C(c2c(O)nc(SC)[nH]c2=O)c2c(O)nc(SC)[nH]c2=O)cc1. The van der Waals surface area contributed by atoms with Gasteiger partial charge in [0, 0.05) is 0 Å². The van der Waals surface area contributed by atoms with Gasteiger partial charge < -0.3 is 29.7 Å². The van der Waals surface area contributed by atoms with Crippen LogP contribution in [0.25, 0.3) is 0 Å². The van der Waals surface area contributed by atoms with E-state index in [4.69, 9.17) is 9.47 Å². The first-order valence-electron chi connectivity index (χ1n) is 9.91. The highest BCUT2D eigenvalue weighted by atomic mass is 32.2. The van der Waals surface area contributed by atoms with Crippen LogP contribution in [0.4, 0.5) is 0 Å². The molecule has 0 fully saturated rings. The van der Waals surface area contributed by atoms with Crippen LogP contribution in [0.5, 0.6) is 17.5 Å². The number of H-pyrrole nitrogens is 2. The maximum absolute atomic E-state index is 12.9. The van der Waals surface area contributed by atoms with Crippen molar-refractivity contribution in [2.75, 3.05) is 25.7 Å². The highest BCUT2D eigenvalue weighted by molar-refractivity contribution is 7.98. The van der Waals surface area contributed by atoms with Gasteiger partial charge in [-0.1, -0.05) is 35.7 Å². The van der Waals surface area contributed by atoms with Crippen LogP contribution < -0.4 is 15.9 Å². The van der Waals surface area contributed by atoms with E-state index >= 15 is 0 Å². The van der Waals surface area contributed by atoms with Crippen molar-refractivity contribution < 1.29 is 24.5 Å². The Morgan fingerprint density at radius 3 is 1.88 bits per heavy atom. The molecule has 13 heteroatoms. The van der Waals surface area contributed by atoms with Crippen molar-refractivity contribution in [3.05, 3.63) is 61.7 Å². The van der Waals surface area contributed by atoms with E-state index in [1.54, 1.807) is 19.4 Å². The zero-order chi connectivity index (χ0) is 24.8. The average Bonchev–Trinajstić information content (AvgIpc) is 2.81. The fraction of sp³-hybridized carbons (Fsp3) is 0.286. The first-order valence-corrected chi connectivity index (χ1v) is 12.4. The maximum Gasteiger partial charge on any atom is 0.344 e. The Kier molecular flexibility index (Phi) is 8.23. The number of hydrogen-bond acceptors (Lipinski definition) is 11. The van der Waals surface area contributed by atoms with Gasteiger partial charge in [0.25, 0.3) is 11.1 Å². The Hall–Kier alpha value is -3.45. The number of esters is 1. The van der Waals surface area contributed by atoms with E-state index < -0.39 is 34.8 Å². The van der Waals surface area contributed by atoms with Gasteiger partial charge in [-0.3, -0.25) is 9.59 Å². The Labute approximate surface area is 202 Å². The lowest BCUT2D eigenvalue weighted by molar-refractivity contribution is -0.145. The third-order valence-electron chi connectivity index (χ3n) is 4.67. The van der Waals surface area contributed by atoms with Crippen molar-refractivity contribution in [3.8, 4) is 17.5 Å². The van der Waals surface area contributed by atoms with E-state index in [1.807, 2.05) is 0 Å². The van der Waals surface area contributed by atoms with Crippen molar-refractivity contribution in [2.24, 2.45) is 0 Å². The molecule has 4 N–H and O–H groups in total. The Morgan fingerprint density at radius 2 is 1.47 bits per heavy atom. The molecule has 3 aromatic rings. The van der Waals surface area contributed by atoms with Crippen molar-refractivity contribution in [1.29, 1.82) is 0 Å². The fourth-order valence-corrected chi connectivity index (χ4v) is 3.94. The lowest BCUT2D eigenvalue weighted by atomic mass is 9.87. The summed E-state index contributed by atoms with van der Waals surface area (Å²) < 4.78 is 10.2. The van der Waals surface area contributed by atoms with Gasteiger partial charge in [-0.15, -0.1) is 0 Å². The molecule has 0 unspecified atom stereocenters. The van der Waals surface area contributed by atoms with E-state index in [-0.39, 0.29) is 34.7 Å². The Balaban J connectivity index is 2.12. The number of rotatable bonds is 9. The third kappa shape index (κ3) is 5.54. The minimum Gasteiger partial charge on any atom is -0.493 e. The molecule has 1 aromatic carbocycles. The quantitative estimate of drug-likeness (QED) is 0.190. The summed E-state index contributed by atoms with van der Waals surface area (Å²) in [6.45, 7) is 1.62. The number of carbonyl (C=O) groups excluding carboxylic acids is 1. The van der Waals surface area contributed by atoms with E-state index in [0.29, 0.717) is 11.3 Å². The van der Waals surface area contributed by atoms with Crippen LogP contribution in [-0.2, 0) is 9.53 Å². The number of nitrogens with zero attached hydrogens (tertiary/aromatic N) is 2. The number of aromatic nitrogens is 4. The fourth-order valence-electron chi connectivity index (χ4n) is 3.19. The standard InChI is InChI=1S/C21H22N4O7S2/c1-4-31-12(26)9-32-11-7-5-10(6-8-11)13(14-16(27)22-20(33-2)23-17(14)28)15-18(29)24-21(34-3)25-19(15)30/h5-8,13H,4,9H2,1-3H3,(H2,22,23,27,28)(H2,24,25,29,30). The number of carbonyl (C=O) groups is 1. The van der Waals surface area contributed by atoms with Gasteiger partial charge in [0.2, 0.25) is 11.8 Å². The van der Waals surface area contributed by atoms with E-state index in [1.165, 1.54) is 24.3 Å². The summed E-state index contributed by atoms with van der Waals surface area (Å²) in [6, 6.07) is 6.11. The molecule has 34 heavy (non-hydrogen) atoms. The molecule has 0 aliphatic rings. The van der Waals surface area contributed by atoms with Crippen LogP contribution in [0.3, 0.4) is 0 Å². The molecule has 0 atom stereocenters. The summed E-state index contributed by atoms with van der Waals surface area (Å²) in [7, 11) is 0. The molecule has 2 aromatic heterocycles. The number of nitrogens with one attached hydrogen (secondary N) is 2. The van der Waals surface area contributed by atoms with Crippen molar-refractivity contribution >= 4 is 29.5 Å². The summed E-state index contributed by atoms with van der Waals surface area (Å²) in [5.41, 5.74) is -1.48. The topological polar surface area (TPSA) is 167 Å².